The Hall–Kier alpha value is -0.830. The van der Waals surface area contributed by atoms with Crippen LogP contribution in [0.15, 0.2) is 24.3 Å². The minimum atomic E-state index is -0.432. The molecule has 0 amide bonds. The number of halogens is 1. The number of hydrogen-bond acceptors (Lipinski definition) is 2. The molecule has 1 aliphatic carbocycles. The van der Waals surface area contributed by atoms with E-state index in [0.29, 0.717) is 0 Å². The highest BCUT2D eigenvalue weighted by atomic mass is 79.9. The number of carbonyl (C=O) groups is 1. The van der Waals surface area contributed by atoms with E-state index in [1.807, 2.05) is 20.8 Å². The number of alkyl halides is 1. The van der Waals surface area contributed by atoms with Gasteiger partial charge in [0.25, 0.3) is 0 Å². The fourth-order valence-electron chi connectivity index (χ4n) is 2.88. The zero-order valence-electron chi connectivity index (χ0n) is 12.5. The number of esters is 1. The molecular formula is C17H23BrO2. The highest BCUT2D eigenvalue weighted by molar-refractivity contribution is 9.08. The Balaban J connectivity index is 2.31. The summed E-state index contributed by atoms with van der Waals surface area (Å²) in [5.41, 5.74) is 1.47. The van der Waals surface area contributed by atoms with E-state index in [-0.39, 0.29) is 5.97 Å². The van der Waals surface area contributed by atoms with Crippen LogP contribution in [0.4, 0.5) is 0 Å². The third-order valence-corrected chi connectivity index (χ3v) is 4.56. The van der Waals surface area contributed by atoms with Crippen LogP contribution in [0.5, 0.6) is 0 Å². The monoisotopic (exact) mass is 338 g/mol. The molecule has 3 heteroatoms. The molecule has 1 aliphatic rings. The molecule has 1 aromatic rings. The molecule has 0 radical (unpaired) electrons. The normalized spacial score (nSPS) is 18.0. The van der Waals surface area contributed by atoms with Crippen molar-refractivity contribution in [3.05, 3.63) is 35.4 Å². The molecule has 110 valence electrons. The Labute approximate surface area is 130 Å². The zero-order valence-corrected chi connectivity index (χ0v) is 14.1. The van der Waals surface area contributed by atoms with Gasteiger partial charge in [-0.2, -0.15) is 0 Å². The largest absolute Gasteiger partial charge is 0.459 e. The lowest BCUT2D eigenvalue weighted by atomic mass is 9.78. The second kappa shape index (κ2) is 5.88. The van der Waals surface area contributed by atoms with Gasteiger partial charge in [-0.3, -0.25) is 4.79 Å². The van der Waals surface area contributed by atoms with E-state index in [4.69, 9.17) is 4.74 Å². The van der Waals surface area contributed by atoms with Crippen LogP contribution in [0, 0.1) is 0 Å². The van der Waals surface area contributed by atoms with E-state index in [1.54, 1.807) is 0 Å². The lowest BCUT2D eigenvalue weighted by molar-refractivity contribution is -0.162. The molecule has 0 spiro atoms. The molecule has 2 rings (SSSR count). The van der Waals surface area contributed by atoms with E-state index < -0.39 is 11.0 Å². The van der Waals surface area contributed by atoms with Gasteiger partial charge in [0.05, 0.1) is 5.41 Å². The lowest BCUT2D eigenvalue weighted by Crippen LogP contribution is -2.39. The van der Waals surface area contributed by atoms with Crippen LogP contribution in [0.1, 0.15) is 57.6 Å². The van der Waals surface area contributed by atoms with Crippen LogP contribution >= 0.6 is 15.9 Å². The van der Waals surface area contributed by atoms with E-state index in [9.17, 15) is 4.79 Å². The summed E-state index contributed by atoms with van der Waals surface area (Å²) in [5.74, 6) is -0.0610. The molecule has 20 heavy (non-hydrogen) atoms. The van der Waals surface area contributed by atoms with Crippen molar-refractivity contribution >= 4 is 21.9 Å². The maximum Gasteiger partial charge on any atom is 0.317 e. The molecule has 1 fully saturated rings. The second-order valence-electron chi connectivity index (χ2n) is 6.62. The summed E-state index contributed by atoms with van der Waals surface area (Å²) in [6, 6.07) is 8.36. The summed E-state index contributed by atoms with van der Waals surface area (Å²) in [4.78, 5) is 12.7. The van der Waals surface area contributed by atoms with Crippen molar-refractivity contribution in [1.29, 1.82) is 0 Å². The van der Waals surface area contributed by atoms with Crippen molar-refractivity contribution in [3.8, 4) is 0 Å². The van der Waals surface area contributed by atoms with Gasteiger partial charge in [0, 0.05) is 5.33 Å². The fourth-order valence-corrected chi connectivity index (χ4v) is 3.25. The molecule has 1 saturated carbocycles. The highest BCUT2D eigenvalue weighted by Crippen LogP contribution is 2.43. The molecular weight excluding hydrogens is 316 g/mol. The van der Waals surface area contributed by atoms with Crippen LogP contribution in [0.2, 0.25) is 0 Å². The SMILES string of the molecule is CC(C)(C)OC(=O)C1(c2ccc(CBr)cc2)CCCC1. The van der Waals surface area contributed by atoms with Gasteiger partial charge in [-0.25, -0.2) is 0 Å². The number of hydrogen-bond donors (Lipinski definition) is 0. The van der Waals surface area contributed by atoms with Crippen molar-refractivity contribution in [1.82, 2.24) is 0 Å². The van der Waals surface area contributed by atoms with Crippen molar-refractivity contribution in [2.75, 3.05) is 0 Å². The van der Waals surface area contributed by atoms with E-state index in [1.165, 1.54) is 5.56 Å². The van der Waals surface area contributed by atoms with Gasteiger partial charge in [0.15, 0.2) is 0 Å². The predicted octanol–water partition coefficient (Wildman–Crippen LogP) is 4.74. The molecule has 0 N–H and O–H groups in total. The van der Waals surface area contributed by atoms with Gasteiger partial charge in [-0.1, -0.05) is 53.0 Å². The first-order chi connectivity index (χ1) is 9.37. The first kappa shape index (κ1) is 15.6. The van der Waals surface area contributed by atoms with Gasteiger partial charge in [0.2, 0.25) is 0 Å². The van der Waals surface area contributed by atoms with Gasteiger partial charge >= 0.3 is 5.97 Å². The van der Waals surface area contributed by atoms with Crippen LogP contribution in [-0.4, -0.2) is 11.6 Å². The highest BCUT2D eigenvalue weighted by Gasteiger charge is 2.45. The van der Waals surface area contributed by atoms with Crippen molar-refractivity contribution in [3.63, 3.8) is 0 Å². The Morgan fingerprint density at radius 2 is 1.75 bits per heavy atom. The van der Waals surface area contributed by atoms with E-state index in [0.717, 1.165) is 36.6 Å². The molecule has 0 aromatic heterocycles. The third kappa shape index (κ3) is 3.25. The summed E-state index contributed by atoms with van der Waals surface area (Å²) in [5, 5.41) is 0.840. The van der Waals surface area contributed by atoms with Crippen molar-refractivity contribution in [2.24, 2.45) is 0 Å². The summed E-state index contributed by atoms with van der Waals surface area (Å²) < 4.78 is 5.69. The summed E-state index contributed by atoms with van der Waals surface area (Å²) in [7, 11) is 0. The molecule has 1 aromatic carbocycles. The van der Waals surface area contributed by atoms with Gasteiger partial charge in [-0.05, 0) is 44.7 Å². The maximum absolute atomic E-state index is 12.7. The Bertz CT molecular complexity index is 465. The van der Waals surface area contributed by atoms with Crippen molar-refractivity contribution < 1.29 is 9.53 Å². The third-order valence-electron chi connectivity index (χ3n) is 3.91. The average molecular weight is 339 g/mol. The van der Waals surface area contributed by atoms with Crippen LogP contribution in [-0.2, 0) is 20.3 Å². The smallest absolute Gasteiger partial charge is 0.317 e. The van der Waals surface area contributed by atoms with E-state index in [2.05, 4.69) is 40.2 Å². The minimum absolute atomic E-state index is 0.0610. The summed E-state index contributed by atoms with van der Waals surface area (Å²) >= 11 is 3.46. The molecule has 0 unspecified atom stereocenters. The summed E-state index contributed by atoms with van der Waals surface area (Å²) in [6.07, 6.45) is 3.99. The molecule has 0 heterocycles. The molecule has 0 bridgehead atoms. The van der Waals surface area contributed by atoms with Gasteiger partial charge in [-0.15, -0.1) is 0 Å². The lowest BCUT2D eigenvalue weighted by Gasteiger charge is -2.31. The zero-order chi connectivity index (χ0) is 14.8. The van der Waals surface area contributed by atoms with Crippen molar-refractivity contribution in [2.45, 2.75) is 62.8 Å². The maximum atomic E-state index is 12.7. The minimum Gasteiger partial charge on any atom is -0.459 e. The molecule has 2 nitrogen and oxygen atoms in total. The Morgan fingerprint density at radius 1 is 1.20 bits per heavy atom. The standard InChI is InChI=1S/C17H23BrO2/c1-16(2,3)20-15(19)17(10-4-5-11-17)14-8-6-13(12-18)7-9-14/h6-9H,4-5,10-12H2,1-3H3. The first-order valence-corrected chi connectivity index (χ1v) is 8.38. The van der Waals surface area contributed by atoms with E-state index >= 15 is 0 Å². The van der Waals surface area contributed by atoms with Crippen LogP contribution < -0.4 is 0 Å². The average Bonchev–Trinajstić information content (AvgIpc) is 2.87. The number of carbonyl (C=O) groups excluding carboxylic acids is 1. The molecule has 0 aliphatic heterocycles. The van der Waals surface area contributed by atoms with Gasteiger partial charge in [0.1, 0.15) is 5.60 Å². The Morgan fingerprint density at radius 3 is 2.20 bits per heavy atom. The van der Waals surface area contributed by atoms with Crippen LogP contribution in [0.25, 0.3) is 0 Å². The number of ether oxygens (including phenoxy) is 1. The molecule has 0 atom stereocenters. The Kier molecular flexibility index (Phi) is 4.58. The fraction of sp³-hybridized carbons (Fsp3) is 0.588. The quantitative estimate of drug-likeness (QED) is 0.588. The topological polar surface area (TPSA) is 26.3 Å². The summed E-state index contributed by atoms with van der Waals surface area (Å²) in [6.45, 7) is 5.80. The first-order valence-electron chi connectivity index (χ1n) is 7.26. The second-order valence-corrected chi connectivity index (χ2v) is 7.18. The van der Waals surface area contributed by atoms with Gasteiger partial charge < -0.3 is 4.74 Å². The number of rotatable bonds is 3. The predicted molar refractivity (Wildman–Crippen MR) is 85.1 cm³/mol. The molecule has 0 saturated heterocycles. The number of benzene rings is 1. The van der Waals surface area contributed by atoms with Crippen LogP contribution in [0.3, 0.4) is 0 Å².